The summed E-state index contributed by atoms with van der Waals surface area (Å²) in [7, 11) is 0. The predicted molar refractivity (Wildman–Crippen MR) is 89.8 cm³/mol. The molecule has 2 aromatic carbocycles. The van der Waals surface area contributed by atoms with Crippen LogP contribution in [-0.2, 0) is 11.0 Å². The van der Waals surface area contributed by atoms with Crippen molar-refractivity contribution in [1.29, 1.82) is 0 Å². The number of hydrogen-bond donors (Lipinski definition) is 0. The van der Waals surface area contributed by atoms with Crippen LogP contribution in [0.4, 0.5) is 13.2 Å². The summed E-state index contributed by atoms with van der Waals surface area (Å²) < 4.78 is 48.9. The Kier molecular flexibility index (Phi) is 9.46. The van der Waals surface area contributed by atoms with E-state index in [4.69, 9.17) is 21.1 Å². The minimum Gasteiger partial charge on any atom is -0.546 e. The molecule has 2 rings (SSSR count). The number of halogens is 4. The first-order chi connectivity index (χ1) is 12.1. The van der Waals surface area contributed by atoms with Crippen molar-refractivity contribution in [3.8, 4) is 17.2 Å². The van der Waals surface area contributed by atoms with Gasteiger partial charge in [-0.2, -0.15) is 13.2 Å². The maximum Gasteiger partial charge on any atom is 1.00 e. The van der Waals surface area contributed by atoms with Crippen LogP contribution in [-0.4, -0.2) is 18.3 Å². The summed E-state index contributed by atoms with van der Waals surface area (Å²) in [5.74, 6) is -0.885. The van der Waals surface area contributed by atoms with Crippen LogP contribution in [0.25, 0.3) is 0 Å². The first kappa shape index (κ1) is 24.6. The molecule has 140 valence electrons. The molecule has 0 N–H and O–H groups in total. The number of thioether (sulfide) groups is 1. The van der Waals surface area contributed by atoms with Gasteiger partial charge in [0.1, 0.15) is 23.4 Å². The van der Waals surface area contributed by atoms with E-state index in [0.29, 0.717) is 4.90 Å². The molecule has 0 spiro atoms. The first-order valence-electron chi connectivity index (χ1n) is 7.22. The monoisotopic (exact) mass is 444 g/mol. The fourth-order valence-electron chi connectivity index (χ4n) is 1.94. The van der Waals surface area contributed by atoms with Crippen LogP contribution in [0, 0.1) is 0 Å². The van der Waals surface area contributed by atoms with Crippen LogP contribution in [0.15, 0.2) is 41.3 Å². The minimum absolute atomic E-state index is 0. The van der Waals surface area contributed by atoms with E-state index >= 15 is 0 Å². The van der Waals surface area contributed by atoms with E-state index in [1.807, 2.05) is 0 Å². The number of ether oxygens (including phenoxy) is 2. The van der Waals surface area contributed by atoms with E-state index in [0.717, 1.165) is 18.2 Å². The standard InChI is InChI=1S/C17H14ClF3O4S.K/c1-9(16(22)23)24-14-8-11(4-6-15(14)26-2)25-13-5-3-10(7-12(13)18)17(19,20)21;/h3-9H,1-2H3,(H,22,23);/q;+1/p-1. The Morgan fingerprint density at radius 2 is 1.85 bits per heavy atom. The largest absolute Gasteiger partial charge is 1.00 e. The summed E-state index contributed by atoms with van der Waals surface area (Å²) in [6, 6.07) is 7.36. The number of alkyl halides is 3. The molecule has 10 heteroatoms. The number of rotatable bonds is 6. The second-order valence-electron chi connectivity index (χ2n) is 5.14. The van der Waals surface area contributed by atoms with Gasteiger partial charge in [-0.05, 0) is 43.5 Å². The molecule has 4 nitrogen and oxygen atoms in total. The van der Waals surface area contributed by atoms with Gasteiger partial charge in [0.2, 0.25) is 0 Å². The Morgan fingerprint density at radius 3 is 2.37 bits per heavy atom. The summed E-state index contributed by atoms with van der Waals surface area (Å²) in [5, 5.41) is 10.6. The number of carbonyl (C=O) groups is 1. The molecule has 0 aromatic heterocycles. The molecule has 0 fully saturated rings. The molecule has 0 aliphatic heterocycles. The summed E-state index contributed by atoms with van der Waals surface area (Å²) in [6.07, 6.45) is -3.92. The SMILES string of the molecule is CSc1ccc(Oc2ccc(C(F)(F)F)cc2Cl)cc1OC(C)C(=O)[O-].[K+]. The molecule has 2 aromatic rings. The molecule has 1 atom stereocenters. The van der Waals surface area contributed by atoms with Gasteiger partial charge in [-0.25, -0.2) is 0 Å². The number of carbonyl (C=O) groups excluding carboxylic acids is 1. The van der Waals surface area contributed by atoms with Gasteiger partial charge < -0.3 is 19.4 Å². The summed E-state index contributed by atoms with van der Waals surface area (Å²) in [4.78, 5) is 11.5. The zero-order valence-corrected chi connectivity index (χ0v) is 19.3. The zero-order chi connectivity index (χ0) is 19.5. The summed E-state index contributed by atoms with van der Waals surface area (Å²) in [5.41, 5.74) is -0.889. The van der Waals surface area contributed by atoms with Crippen molar-refractivity contribution >= 4 is 29.3 Å². The van der Waals surface area contributed by atoms with Crippen molar-refractivity contribution < 1.29 is 83.9 Å². The molecule has 0 saturated carbocycles. The van der Waals surface area contributed by atoms with Crippen molar-refractivity contribution in [2.24, 2.45) is 0 Å². The van der Waals surface area contributed by atoms with E-state index in [1.165, 1.54) is 24.8 Å². The molecule has 0 amide bonds. The van der Waals surface area contributed by atoms with E-state index in [1.54, 1.807) is 18.4 Å². The van der Waals surface area contributed by atoms with E-state index < -0.39 is 23.8 Å². The Bertz CT molecular complexity index is 817. The fourth-order valence-corrected chi connectivity index (χ4v) is 2.67. The number of hydrogen-bond acceptors (Lipinski definition) is 5. The van der Waals surface area contributed by atoms with Crippen molar-refractivity contribution in [2.45, 2.75) is 24.1 Å². The van der Waals surface area contributed by atoms with Gasteiger partial charge in [0.05, 0.1) is 16.6 Å². The molecular formula is C17H13ClF3KO4S. The van der Waals surface area contributed by atoms with Gasteiger partial charge in [-0.15, -0.1) is 11.8 Å². The number of carboxylic acid groups (broad SMARTS) is 1. The molecule has 0 bridgehead atoms. The van der Waals surface area contributed by atoms with Gasteiger partial charge in [0, 0.05) is 11.0 Å². The number of aliphatic carboxylic acids is 1. The van der Waals surface area contributed by atoms with Crippen molar-refractivity contribution in [3.05, 3.63) is 47.0 Å². The smallest absolute Gasteiger partial charge is 0.546 e. The van der Waals surface area contributed by atoms with Crippen LogP contribution >= 0.6 is 23.4 Å². The summed E-state index contributed by atoms with van der Waals surface area (Å²) in [6.45, 7) is 1.32. The second kappa shape index (κ2) is 10.4. The molecule has 0 saturated heterocycles. The molecule has 0 aliphatic rings. The van der Waals surface area contributed by atoms with Crippen LogP contribution < -0.4 is 66.0 Å². The Balaban J connectivity index is 0.00000364. The van der Waals surface area contributed by atoms with Gasteiger partial charge in [-0.3, -0.25) is 0 Å². The molecule has 27 heavy (non-hydrogen) atoms. The van der Waals surface area contributed by atoms with Crippen LogP contribution in [0.1, 0.15) is 12.5 Å². The molecule has 0 radical (unpaired) electrons. The third-order valence-electron chi connectivity index (χ3n) is 3.26. The maximum atomic E-state index is 12.7. The van der Waals surface area contributed by atoms with Gasteiger partial charge in [-0.1, -0.05) is 11.6 Å². The topological polar surface area (TPSA) is 58.6 Å². The van der Waals surface area contributed by atoms with Crippen molar-refractivity contribution in [2.75, 3.05) is 6.26 Å². The van der Waals surface area contributed by atoms with Crippen molar-refractivity contribution in [1.82, 2.24) is 0 Å². The van der Waals surface area contributed by atoms with Crippen molar-refractivity contribution in [3.63, 3.8) is 0 Å². The Morgan fingerprint density at radius 1 is 1.19 bits per heavy atom. The van der Waals surface area contributed by atoms with E-state index in [9.17, 15) is 23.1 Å². The van der Waals surface area contributed by atoms with Crippen LogP contribution in [0.2, 0.25) is 5.02 Å². The van der Waals surface area contributed by atoms with Crippen LogP contribution in [0.5, 0.6) is 17.2 Å². The second-order valence-corrected chi connectivity index (χ2v) is 6.39. The van der Waals surface area contributed by atoms with E-state index in [-0.39, 0.29) is 73.7 Å². The summed E-state index contributed by atoms with van der Waals surface area (Å²) >= 11 is 7.19. The third-order valence-corrected chi connectivity index (χ3v) is 4.33. The average molecular weight is 445 g/mol. The number of carboxylic acids is 1. The zero-order valence-electron chi connectivity index (χ0n) is 14.6. The quantitative estimate of drug-likeness (QED) is 0.498. The predicted octanol–water partition coefficient (Wildman–Crippen LogP) is 1.39. The Hall–Kier alpha value is -0.424. The molecule has 0 aliphatic carbocycles. The first-order valence-corrected chi connectivity index (χ1v) is 8.82. The molecular weight excluding hydrogens is 432 g/mol. The third kappa shape index (κ3) is 6.84. The number of benzene rings is 2. The normalized spacial score (nSPS) is 12.1. The minimum atomic E-state index is -4.51. The average Bonchev–Trinajstić information content (AvgIpc) is 2.56. The van der Waals surface area contributed by atoms with Gasteiger partial charge >= 0.3 is 57.6 Å². The molecule has 0 heterocycles. The van der Waals surface area contributed by atoms with Gasteiger partial charge in [0.25, 0.3) is 0 Å². The maximum absolute atomic E-state index is 12.7. The van der Waals surface area contributed by atoms with E-state index in [2.05, 4.69) is 0 Å². The van der Waals surface area contributed by atoms with Crippen LogP contribution in [0.3, 0.4) is 0 Å². The molecule has 1 unspecified atom stereocenters. The fraction of sp³-hybridized carbons (Fsp3) is 0.235. The Labute approximate surface area is 205 Å². The van der Waals surface area contributed by atoms with Gasteiger partial charge in [0.15, 0.2) is 0 Å².